The van der Waals surface area contributed by atoms with E-state index >= 15 is 0 Å². The zero-order valence-electron chi connectivity index (χ0n) is 12.6. The number of nitrogens with one attached hydrogen (secondary N) is 2. The van der Waals surface area contributed by atoms with E-state index in [1.54, 1.807) is 19.1 Å². The Kier molecular flexibility index (Phi) is 3.87. The van der Waals surface area contributed by atoms with Gasteiger partial charge in [-0.25, -0.2) is 9.59 Å². The molecule has 24 heavy (non-hydrogen) atoms. The lowest BCUT2D eigenvalue weighted by atomic mass is 10.1. The van der Waals surface area contributed by atoms with Crippen LogP contribution in [0.5, 0.6) is 0 Å². The van der Waals surface area contributed by atoms with Gasteiger partial charge in [0.05, 0.1) is 0 Å². The highest BCUT2D eigenvalue weighted by molar-refractivity contribution is 6.48. The van der Waals surface area contributed by atoms with Gasteiger partial charge < -0.3 is 20.2 Å². The van der Waals surface area contributed by atoms with Crippen LogP contribution in [0.2, 0.25) is 0 Å². The molecular formula is C16H13N3O5. The molecule has 1 aromatic heterocycles. The molecule has 1 aliphatic rings. The van der Waals surface area contributed by atoms with Gasteiger partial charge in [0.1, 0.15) is 11.3 Å². The summed E-state index contributed by atoms with van der Waals surface area (Å²) in [4.78, 5) is 38.7. The molecule has 0 saturated heterocycles. The third-order valence-electron chi connectivity index (χ3n) is 3.51. The number of amides is 1. The number of aliphatic carboxylic acids is 1. The Hall–Kier alpha value is -3.42. The van der Waals surface area contributed by atoms with Crippen molar-refractivity contribution in [1.82, 2.24) is 5.32 Å². The van der Waals surface area contributed by atoms with Crippen molar-refractivity contribution in [3.8, 4) is 0 Å². The maximum Gasteiger partial charge on any atom is 0.336 e. The van der Waals surface area contributed by atoms with Crippen molar-refractivity contribution >= 4 is 34.2 Å². The van der Waals surface area contributed by atoms with Gasteiger partial charge >= 0.3 is 11.6 Å². The minimum Gasteiger partial charge on any atom is -0.479 e. The van der Waals surface area contributed by atoms with Crippen LogP contribution in [0.25, 0.3) is 11.0 Å². The Labute approximate surface area is 135 Å². The predicted molar refractivity (Wildman–Crippen MR) is 87.0 cm³/mol. The number of fused-ring (bicyclic) bond motifs is 1. The molecule has 0 spiro atoms. The summed E-state index contributed by atoms with van der Waals surface area (Å²) >= 11 is 0. The van der Waals surface area contributed by atoms with Crippen LogP contribution < -0.4 is 16.3 Å². The molecular weight excluding hydrogens is 314 g/mol. The number of carbonyl (C=O) groups excluding carboxylic acids is 1. The van der Waals surface area contributed by atoms with E-state index in [4.69, 9.17) is 9.52 Å². The number of rotatable bonds is 3. The van der Waals surface area contributed by atoms with Gasteiger partial charge in [-0.05, 0) is 24.6 Å². The molecule has 0 fully saturated rings. The van der Waals surface area contributed by atoms with Crippen molar-refractivity contribution in [1.29, 1.82) is 0 Å². The normalized spacial score (nSPS) is 16.4. The molecule has 0 radical (unpaired) electrons. The van der Waals surface area contributed by atoms with E-state index in [2.05, 4.69) is 15.6 Å². The number of hydrogen-bond acceptors (Lipinski definition) is 6. The lowest BCUT2D eigenvalue weighted by molar-refractivity contribution is -0.137. The number of hydrogen-bond donors (Lipinski definition) is 3. The Morgan fingerprint density at radius 2 is 2.12 bits per heavy atom. The van der Waals surface area contributed by atoms with Crippen LogP contribution in [0.15, 0.2) is 50.9 Å². The van der Waals surface area contributed by atoms with E-state index in [1.165, 1.54) is 24.5 Å². The van der Waals surface area contributed by atoms with Gasteiger partial charge in [0.15, 0.2) is 6.04 Å². The fourth-order valence-corrected chi connectivity index (χ4v) is 2.41. The molecule has 122 valence electrons. The molecule has 3 N–H and O–H groups in total. The number of carboxylic acid groups (broad SMARTS) is 1. The zero-order chi connectivity index (χ0) is 17.3. The van der Waals surface area contributed by atoms with Gasteiger partial charge in [-0.3, -0.25) is 9.79 Å². The van der Waals surface area contributed by atoms with Crippen molar-refractivity contribution < 1.29 is 19.1 Å². The van der Waals surface area contributed by atoms with Crippen LogP contribution in [0.3, 0.4) is 0 Å². The van der Waals surface area contributed by atoms with Crippen molar-refractivity contribution in [3.05, 3.63) is 52.6 Å². The highest BCUT2D eigenvalue weighted by atomic mass is 16.4. The van der Waals surface area contributed by atoms with Crippen molar-refractivity contribution in [2.24, 2.45) is 4.99 Å². The van der Waals surface area contributed by atoms with E-state index in [9.17, 15) is 14.4 Å². The van der Waals surface area contributed by atoms with Gasteiger partial charge in [0.2, 0.25) is 0 Å². The molecule has 2 aromatic rings. The summed E-state index contributed by atoms with van der Waals surface area (Å²) in [7, 11) is 0. The van der Waals surface area contributed by atoms with Gasteiger partial charge in [0.25, 0.3) is 5.91 Å². The first kappa shape index (κ1) is 15.5. The molecule has 1 unspecified atom stereocenters. The first-order valence-corrected chi connectivity index (χ1v) is 7.03. The van der Waals surface area contributed by atoms with Crippen LogP contribution >= 0.6 is 0 Å². The maximum atomic E-state index is 12.3. The molecule has 0 bridgehead atoms. The Balaban J connectivity index is 1.93. The monoisotopic (exact) mass is 327 g/mol. The number of aliphatic imine (C=N–C) groups is 1. The number of carbonyl (C=O) groups is 2. The summed E-state index contributed by atoms with van der Waals surface area (Å²) in [6.45, 7) is 1.81. The molecule has 3 rings (SSSR count). The first-order chi connectivity index (χ1) is 11.5. The van der Waals surface area contributed by atoms with Gasteiger partial charge in [-0.1, -0.05) is 0 Å². The fraction of sp³-hybridized carbons (Fsp3) is 0.125. The van der Waals surface area contributed by atoms with Crippen LogP contribution in [-0.4, -0.2) is 28.7 Å². The molecule has 1 atom stereocenters. The van der Waals surface area contributed by atoms with E-state index in [0.29, 0.717) is 11.3 Å². The van der Waals surface area contributed by atoms with Crippen molar-refractivity contribution in [2.45, 2.75) is 13.0 Å². The van der Waals surface area contributed by atoms with E-state index < -0.39 is 23.5 Å². The highest BCUT2D eigenvalue weighted by Crippen LogP contribution is 2.22. The second kappa shape index (κ2) is 5.99. The number of carboxylic acids is 1. The summed E-state index contributed by atoms with van der Waals surface area (Å²) in [5.74, 6) is -1.87. The topological polar surface area (TPSA) is 121 Å². The lowest BCUT2D eigenvalue weighted by Gasteiger charge is -2.17. The second-order valence-corrected chi connectivity index (χ2v) is 5.18. The number of nitrogens with zero attached hydrogens (tertiary/aromatic N) is 1. The predicted octanol–water partition coefficient (Wildman–Crippen LogP) is 1.01. The fourth-order valence-electron chi connectivity index (χ4n) is 2.41. The van der Waals surface area contributed by atoms with Crippen LogP contribution in [0, 0.1) is 6.92 Å². The highest BCUT2D eigenvalue weighted by Gasteiger charge is 2.29. The van der Waals surface area contributed by atoms with E-state index in [1.807, 2.05) is 0 Å². The van der Waals surface area contributed by atoms with Crippen LogP contribution in [0.1, 0.15) is 5.56 Å². The molecule has 1 aromatic carbocycles. The standard InChI is InChI=1S/C16H13N3O5/c1-8-6-9(7-11-10(8)2-3-12(20)24-11)19-15(21)13-14(16(22)23)18-5-4-17-13/h2-7,14,18H,1H3,(H,19,21)(H,22,23). The number of aryl methyl sites for hydroxylation is 1. The van der Waals surface area contributed by atoms with Crippen LogP contribution in [-0.2, 0) is 9.59 Å². The first-order valence-electron chi connectivity index (χ1n) is 7.03. The molecule has 2 heterocycles. The quantitative estimate of drug-likeness (QED) is 0.723. The van der Waals surface area contributed by atoms with Crippen LogP contribution in [0.4, 0.5) is 5.69 Å². The largest absolute Gasteiger partial charge is 0.479 e. The third-order valence-corrected chi connectivity index (χ3v) is 3.51. The summed E-state index contributed by atoms with van der Waals surface area (Å²) in [5, 5.41) is 15.0. The number of anilines is 1. The minimum absolute atomic E-state index is 0.169. The Morgan fingerprint density at radius 3 is 2.88 bits per heavy atom. The number of benzene rings is 1. The minimum atomic E-state index is -1.23. The van der Waals surface area contributed by atoms with Gasteiger partial charge in [-0.15, -0.1) is 0 Å². The molecule has 0 saturated carbocycles. The molecule has 0 aliphatic carbocycles. The second-order valence-electron chi connectivity index (χ2n) is 5.18. The average Bonchev–Trinajstić information content (AvgIpc) is 2.54. The summed E-state index contributed by atoms with van der Waals surface area (Å²) in [6.07, 6.45) is 2.66. The summed E-state index contributed by atoms with van der Waals surface area (Å²) in [6, 6.07) is 4.93. The van der Waals surface area contributed by atoms with Gasteiger partial charge in [-0.2, -0.15) is 0 Å². The molecule has 1 aliphatic heterocycles. The summed E-state index contributed by atoms with van der Waals surface area (Å²) in [5.41, 5.74) is 0.835. The third kappa shape index (κ3) is 2.89. The lowest BCUT2D eigenvalue weighted by Crippen LogP contribution is -2.47. The summed E-state index contributed by atoms with van der Waals surface area (Å²) < 4.78 is 5.11. The zero-order valence-corrected chi connectivity index (χ0v) is 12.6. The SMILES string of the molecule is Cc1cc(NC(=O)C2=NC=CNC2C(=O)O)cc2oc(=O)ccc12. The Morgan fingerprint density at radius 1 is 1.33 bits per heavy atom. The van der Waals surface area contributed by atoms with E-state index in [0.717, 1.165) is 10.9 Å². The Bertz CT molecular complexity index is 958. The maximum absolute atomic E-state index is 12.3. The molecule has 1 amide bonds. The van der Waals surface area contributed by atoms with E-state index in [-0.39, 0.29) is 5.71 Å². The van der Waals surface area contributed by atoms with Gasteiger partial charge in [0, 0.05) is 35.6 Å². The average molecular weight is 327 g/mol. The smallest absolute Gasteiger partial charge is 0.336 e. The molecule has 8 nitrogen and oxygen atoms in total. The van der Waals surface area contributed by atoms with Crippen molar-refractivity contribution in [2.75, 3.05) is 5.32 Å². The molecule has 8 heteroatoms. The van der Waals surface area contributed by atoms with Crippen molar-refractivity contribution in [3.63, 3.8) is 0 Å².